The molecule has 0 radical (unpaired) electrons. The van der Waals surface area contributed by atoms with Crippen LogP contribution in [0.5, 0.6) is 11.5 Å². The maximum Gasteiger partial charge on any atom is 0.342 e. The number of rotatable bonds is 3. The van der Waals surface area contributed by atoms with E-state index in [9.17, 15) is 14.7 Å². The number of phenolic OH excluding ortho intramolecular Hbond substituents is 1. The summed E-state index contributed by atoms with van der Waals surface area (Å²) in [5, 5.41) is 11.2. The van der Waals surface area contributed by atoms with Crippen molar-refractivity contribution in [3.63, 3.8) is 0 Å². The Balaban J connectivity index is 3.00. The van der Waals surface area contributed by atoms with Gasteiger partial charge in [0.05, 0.1) is 21.3 Å². The van der Waals surface area contributed by atoms with Crippen molar-refractivity contribution in [2.24, 2.45) is 0 Å². The molecule has 21 heavy (non-hydrogen) atoms. The van der Waals surface area contributed by atoms with Crippen LogP contribution in [0, 0.1) is 0 Å². The summed E-state index contributed by atoms with van der Waals surface area (Å²) < 4.78 is 14.6. The third-order valence-electron chi connectivity index (χ3n) is 3.12. The van der Waals surface area contributed by atoms with Crippen LogP contribution in [0.15, 0.2) is 24.3 Å². The van der Waals surface area contributed by atoms with Gasteiger partial charge in [-0.2, -0.15) is 0 Å². The highest BCUT2D eigenvalue weighted by Gasteiger charge is 2.30. The van der Waals surface area contributed by atoms with E-state index in [1.807, 2.05) is 0 Å². The van der Waals surface area contributed by atoms with E-state index in [0.717, 1.165) is 7.11 Å². The molecule has 0 aromatic heterocycles. The highest BCUT2D eigenvalue weighted by atomic mass is 16.5. The number of phenols is 1. The zero-order valence-electron chi connectivity index (χ0n) is 11.8. The molecule has 0 atom stereocenters. The lowest BCUT2D eigenvalue weighted by atomic mass is 9.97. The van der Waals surface area contributed by atoms with E-state index in [1.165, 1.54) is 14.2 Å². The first-order chi connectivity index (χ1) is 10.1. The van der Waals surface area contributed by atoms with Crippen LogP contribution in [-0.2, 0) is 9.47 Å². The average molecular weight is 290 g/mol. The minimum Gasteiger partial charge on any atom is -0.506 e. The molecule has 0 unspecified atom stereocenters. The predicted molar refractivity (Wildman–Crippen MR) is 74.8 cm³/mol. The number of benzene rings is 2. The minimum atomic E-state index is -0.850. The maximum absolute atomic E-state index is 12.0. The number of aromatic hydroxyl groups is 1. The molecule has 110 valence electrons. The Hall–Kier alpha value is -2.76. The zero-order valence-corrected chi connectivity index (χ0v) is 11.8. The Morgan fingerprint density at radius 2 is 1.43 bits per heavy atom. The third kappa shape index (κ3) is 2.24. The summed E-state index contributed by atoms with van der Waals surface area (Å²) >= 11 is 0. The molecule has 0 saturated heterocycles. The Labute approximate surface area is 120 Å². The van der Waals surface area contributed by atoms with E-state index < -0.39 is 11.9 Å². The summed E-state index contributed by atoms with van der Waals surface area (Å²) in [5.74, 6) is -1.85. The average Bonchev–Trinajstić information content (AvgIpc) is 2.53. The summed E-state index contributed by atoms with van der Waals surface area (Å²) in [6, 6.07) is 6.70. The number of esters is 2. The summed E-state index contributed by atoms with van der Waals surface area (Å²) in [4.78, 5) is 24.0. The van der Waals surface area contributed by atoms with Crippen LogP contribution >= 0.6 is 0 Å². The Kier molecular flexibility index (Phi) is 3.98. The summed E-state index contributed by atoms with van der Waals surface area (Å²) in [6.45, 7) is 0. The van der Waals surface area contributed by atoms with Crippen LogP contribution in [0.1, 0.15) is 20.7 Å². The van der Waals surface area contributed by atoms with E-state index in [0.29, 0.717) is 10.8 Å². The zero-order chi connectivity index (χ0) is 15.6. The van der Waals surface area contributed by atoms with Gasteiger partial charge in [-0.15, -0.1) is 0 Å². The van der Waals surface area contributed by atoms with Crippen LogP contribution in [-0.4, -0.2) is 38.4 Å². The van der Waals surface area contributed by atoms with Crippen molar-refractivity contribution in [3.05, 3.63) is 35.4 Å². The van der Waals surface area contributed by atoms with Crippen molar-refractivity contribution in [1.82, 2.24) is 0 Å². The SMILES string of the molecule is COC(=O)c1c(C(=O)OC)c(OC)c2ccccc2c1O. The Bertz CT molecular complexity index is 720. The third-order valence-corrected chi connectivity index (χ3v) is 3.12. The molecule has 0 aliphatic carbocycles. The van der Waals surface area contributed by atoms with E-state index in [1.54, 1.807) is 24.3 Å². The lowest BCUT2D eigenvalue weighted by Crippen LogP contribution is -2.14. The number of hydrogen-bond acceptors (Lipinski definition) is 6. The molecule has 1 N–H and O–H groups in total. The van der Waals surface area contributed by atoms with Crippen molar-refractivity contribution >= 4 is 22.7 Å². The second-order valence-corrected chi connectivity index (χ2v) is 4.16. The molecular formula is C15H14O6. The molecule has 0 aliphatic heterocycles. The molecule has 0 fully saturated rings. The molecule has 0 heterocycles. The fourth-order valence-corrected chi connectivity index (χ4v) is 2.20. The predicted octanol–water partition coefficient (Wildman–Crippen LogP) is 2.13. The van der Waals surface area contributed by atoms with Crippen molar-refractivity contribution in [1.29, 1.82) is 0 Å². The number of carbonyl (C=O) groups is 2. The topological polar surface area (TPSA) is 82.1 Å². The smallest absolute Gasteiger partial charge is 0.342 e. The number of methoxy groups -OCH3 is 3. The molecule has 0 saturated carbocycles. The number of hydrogen-bond donors (Lipinski definition) is 1. The molecule has 2 aromatic carbocycles. The first-order valence-electron chi connectivity index (χ1n) is 6.05. The molecule has 6 heteroatoms. The quantitative estimate of drug-likeness (QED) is 0.872. The van der Waals surface area contributed by atoms with Gasteiger partial charge in [-0.25, -0.2) is 9.59 Å². The van der Waals surface area contributed by atoms with Gasteiger partial charge in [0.2, 0.25) is 0 Å². The summed E-state index contributed by atoms with van der Waals surface area (Å²) in [7, 11) is 3.70. The molecule has 0 bridgehead atoms. The standard InChI is InChI=1S/C15H14O6/c1-19-13-9-7-5-4-6-8(9)12(16)10(14(17)20-2)11(13)15(18)21-3/h4-7,16H,1-3H3. The van der Waals surface area contributed by atoms with Gasteiger partial charge in [-0.3, -0.25) is 0 Å². The van der Waals surface area contributed by atoms with Crippen LogP contribution in [0.4, 0.5) is 0 Å². The number of ether oxygens (including phenoxy) is 3. The monoisotopic (exact) mass is 290 g/mol. The van der Waals surface area contributed by atoms with Crippen LogP contribution in [0.25, 0.3) is 10.8 Å². The van der Waals surface area contributed by atoms with E-state index in [-0.39, 0.29) is 22.6 Å². The Morgan fingerprint density at radius 3 is 1.95 bits per heavy atom. The van der Waals surface area contributed by atoms with E-state index in [2.05, 4.69) is 9.47 Å². The minimum absolute atomic E-state index is 0.149. The summed E-state index contributed by atoms with van der Waals surface area (Å²) in [5.41, 5.74) is -0.442. The van der Waals surface area contributed by atoms with Gasteiger partial charge in [-0.1, -0.05) is 24.3 Å². The van der Waals surface area contributed by atoms with E-state index in [4.69, 9.17) is 4.74 Å². The largest absolute Gasteiger partial charge is 0.506 e. The van der Waals surface area contributed by atoms with Crippen molar-refractivity contribution in [3.8, 4) is 11.5 Å². The highest BCUT2D eigenvalue weighted by Crippen LogP contribution is 2.40. The highest BCUT2D eigenvalue weighted by molar-refractivity contribution is 6.14. The van der Waals surface area contributed by atoms with Gasteiger partial charge in [0.15, 0.2) is 0 Å². The fourth-order valence-electron chi connectivity index (χ4n) is 2.20. The normalized spacial score (nSPS) is 10.2. The lowest BCUT2D eigenvalue weighted by molar-refractivity contribution is 0.0549. The van der Waals surface area contributed by atoms with Gasteiger partial charge < -0.3 is 19.3 Å². The van der Waals surface area contributed by atoms with Crippen LogP contribution in [0.2, 0.25) is 0 Å². The second kappa shape index (κ2) is 5.70. The van der Waals surface area contributed by atoms with Gasteiger partial charge in [0.1, 0.15) is 22.6 Å². The van der Waals surface area contributed by atoms with Crippen molar-refractivity contribution < 1.29 is 28.9 Å². The molecule has 0 amide bonds. The fraction of sp³-hybridized carbons (Fsp3) is 0.200. The second-order valence-electron chi connectivity index (χ2n) is 4.16. The molecular weight excluding hydrogens is 276 g/mol. The summed E-state index contributed by atoms with van der Waals surface area (Å²) in [6.07, 6.45) is 0. The molecule has 2 aromatic rings. The van der Waals surface area contributed by atoms with Crippen LogP contribution < -0.4 is 4.74 Å². The molecule has 0 aliphatic rings. The van der Waals surface area contributed by atoms with Crippen molar-refractivity contribution in [2.45, 2.75) is 0 Å². The number of carbonyl (C=O) groups excluding carboxylic acids is 2. The van der Waals surface area contributed by atoms with Gasteiger partial charge in [-0.05, 0) is 0 Å². The van der Waals surface area contributed by atoms with Crippen molar-refractivity contribution in [2.75, 3.05) is 21.3 Å². The van der Waals surface area contributed by atoms with Gasteiger partial charge in [0, 0.05) is 10.8 Å². The molecule has 6 nitrogen and oxygen atoms in total. The molecule has 2 rings (SSSR count). The van der Waals surface area contributed by atoms with Crippen LogP contribution in [0.3, 0.4) is 0 Å². The number of fused-ring (bicyclic) bond motifs is 1. The van der Waals surface area contributed by atoms with Gasteiger partial charge >= 0.3 is 11.9 Å². The lowest BCUT2D eigenvalue weighted by Gasteiger charge is -2.16. The molecule has 0 spiro atoms. The first-order valence-corrected chi connectivity index (χ1v) is 6.05. The van der Waals surface area contributed by atoms with Gasteiger partial charge in [0.25, 0.3) is 0 Å². The first kappa shape index (κ1) is 14.6. The Morgan fingerprint density at radius 1 is 0.905 bits per heavy atom. The maximum atomic E-state index is 12.0. The van der Waals surface area contributed by atoms with E-state index >= 15 is 0 Å².